The number of ether oxygens (including phenoxy) is 2. The average Bonchev–Trinajstić information content (AvgIpc) is 2.93. The summed E-state index contributed by atoms with van der Waals surface area (Å²) in [5.41, 5.74) is 2.15. The van der Waals surface area contributed by atoms with Crippen molar-refractivity contribution >= 4 is 29.4 Å². The normalized spacial score (nSPS) is 14.9. The zero-order valence-electron chi connectivity index (χ0n) is 14.8. The van der Waals surface area contributed by atoms with E-state index >= 15 is 0 Å². The fourth-order valence-corrected chi connectivity index (χ4v) is 2.82. The Balaban J connectivity index is 1.89. The first-order valence-corrected chi connectivity index (χ1v) is 8.67. The molecule has 27 heavy (non-hydrogen) atoms. The predicted octanol–water partition coefficient (Wildman–Crippen LogP) is 4.77. The molecule has 0 fully saturated rings. The average molecular weight is 390 g/mol. The lowest BCUT2D eigenvalue weighted by Crippen LogP contribution is -2.03. The fraction of sp³-hybridized carbons (Fsp3) is 0.200. The van der Waals surface area contributed by atoms with Crippen LogP contribution in [0.1, 0.15) is 25.0 Å². The van der Waals surface area contributed by atoms with Gasteiger partial charge in [-0.2, -0.15) is 0 Å². The summed E-state index contributed by atoms with van der Waals surface area (Å²) in [6.07, 6.45) is 1.62. The Labute approximate surface area is 161 Å². The molecule has 0 spiro atoms. The summed E-state index contributed by atoms with van der Waals surface area (Å²) in [6, 6.07) is 9.48. The molecule has 2 aromatic rings. The Kier molecular flexibility index (Phi) is 5.76. The molecule has 2 aromatic carbocycles. The van der Waals surface area contributed by atoms with Gasteiger partial charge < -0.3 is 14.3 Å². The monoisotopic (exact) mass is 389 g/mol. The van der Waals surface area contributed by atoms with E-state index in [1.165, 1.54) is 12.1 Å². The number of carbonyl (C=O) groups excluding carboxylic acids is 1. The van der Waals surface area contributed by atoms with Crippen LogP contribution in [-0.2, 0) is 16.2 Å². The molecular weight excluding hydrogens is 373 g/mol. The predicted molar refractivity (Wildman–Crippen MR) is 101 cm³/mol. The number of hydrogen-bond donors (Lipinski definition) is 0. The highest BCUT2D eigenvalue weighted by atomic mass is 35.5. The van der Waals surface area contributed by atoms with E-state index in [0.717, 1.165) is 0 Å². The first-order chi connectivity index (χ1) is 13.0. The van der Waals surface area contributed by atoms with Crippen molar-refractivity contribution in [2.45, 2.75) is 20.5 Å². The van der Waals surface area contributed by atoms with Gasteiger partial charge in [0.2, 0.25) is 0 Å². The molecule has 0 aliphatic carbocycles. The molecule has 140 valence electrons. The molecule has 0 radical (unpaired) electrons. The van der Waals surface area contributed by atoms with E-state index in [1.807, 2.05) is 6.92 Å². The summed E-state index contributed by atoms with van der Waals surface area (Å²) in [6.45, 7) is 4.05. The van der Waals surface area contributed by atoms with Gasteiger partial charge in [-0.15, -0.1) is 0 Å². The quantitative estimate of drug-likeness (QED) is 0.527. The first kappa shape index (κ1) is 18.9. The lowest BCUT2D eigenvalue weighted by Gasteiger charge is -2.15. The molecule has 7 heteroatoms. The van der Waals surface area contributed by atoms with Crippen LogP contribution in [0.15, 0.2) is 47.1 Å². The topological polar surface area (TPSA) is 57.1 Å². The van der Waals surface area contributed by atoms with Crippen molar-refractivity contribution in [2.24, 2.45) is 5.16 Å². The zero-order valence-corrected chi connectivity index (χ0v) is 15.5. The van der Waals surface area contributed by atoms with Crippen LogP contribution in [0, 0.1) is 5.82 Å². The fourth-order valence-electron chi connectivity index (χ4n) is 2.54. The first-order valence-electron chi connectivity index (χ1n) is 8.29. The number of rotatable bonds is 6. The second kappa shape index (κ2) is 8.22. The Hall–Kier alpha value is -2.86. The highest BCUT2D eigenvalue weighted by Gasteiger charge is 2.22. The Bertz CT molecular complexity index is 940. The summed E-state index contributed by atoms with van der Waals surface area (Å²) in [4.78, 5) is 16.4. The van der Waals surface area contributed by atoms with E-state index in [1.54, 1.807) is 37.3 Å². The molecule has 3 rings (SSSR count). The van der Waals surface area contributed by atoms with Crippen molar-refractivity contribution in [1.82, 2.24) is 0 Å². The number of oxime groups is 1. The van der Waals surface area contributed by atoms with Gasteiger partial charge in [-0.25, -0.2) is 9.18 Å². The van der Waals surface area contributed by atoms with Gasteiger partial charge in [0.05, 0.1) is 22.9 Å². The van der Waals surface area contributed by atoms with Crippen LogP contribution in [0.25, 0.3) is 6.08 Å². The number of nitrogens with zero attached hydrogens (tertiary/aromatic N) is 1. The van der Waals surface area contributed by atoms with E-state index in [2.05, 4.69) is 9.99 Å². The third-order valence-corrected chi connectivity index (χ3v) is 4.07. The van der Waals surface area contributed by atoms with E-state index in [4.69, 9.17) is 21.1 Å². The van der Waals surface area contributed by atoms with Gasteiger partial charge in [-0.1, -0.05) is 28.9 Å². The summed E-state index contributed by atoms with van der Waals surface area (Å²) < 4.78 is 24.7. The Morgan fingerprint density at radius 3 is 2.74 bits per heavy atom. The lowest BCUT2D eigenvalue weighted by molar-refractivity contribution is -0.136. The lowest BCUT2D eigenvalue weighted by atomic mass is 10.1. The molecule has 0 saturated carbocycles. The van der Waals surface area contributed by atoms with Crippen molar-refractivity contribution in [2.75, 3.05) is 6.61 Å². The van der Waals surface area contributed by atoms with Gasteiger partial charge in [0.15, 0.2) is 11.5 Å². The summed E-state index contributed by atoms with van der Waals surface area (Å²) in [5.74, 6) is -0.0822. The molecule has 0 aromatic heterocycles. The zero-order chi connectivity index (χ0) is 19.4. The number of carbonyl (C=O) groups is 1. The van der Waals surface area contributed by atoms with Crippen LogP contribution in [0.2, 0.25) is 5.02 Å². The van der Waals surface area contributed by atoms with Crippen LogP contribution in [0.4, 0.5) is 4.39 Å². The standard InChI is InChI=1S/C20H17ClFNO4/c1-3-25-18-10-14(8-16-12(2)23-27-20(16)24)9-17(21)19(18)26-11-13-5-4-6-15(22)7-13/h4-10H,3,11H2,1-2H3/b16-8+. The second-order valence-corrected chi connectivity index (χ2v) is 6.20. The van der Waals surface area contributed by atoms with Crippen LogP contribution in [0.5, 0.6) is 11.5 Å². The van der Waals surface area contributed by atoms with Crippen LogP contribution in [-0.4, -0.2) is 18.3 Å². The van der Waals surface area contributed by atoms with E-state index in [0.29, 0.717) is 45.5 Å². The summed E-state index contributed by atoms with van der Waals surface area (Å²) in [7, 11) is 0. The number of benzene rings is 2. The van der Waals surface area contributed by atoms with Crippen molar-refractivity contribution in [3.8, 4) is 11.5 Å². The maximum Gasteiger partial charge on any atom is 0.367 e. The third kappa shape index (κ3) is 4.46. The third-order valence-electron chi connectivity index (χ3n) is 3.79. The minimum atomic E-state index is -0.520. The van der Waals surface area contributed by atoms with Crippen LogP contribution in [0.3, 0.4) is 0 Å². The maximum atomic E-state index is 13.3. The van der Waals surface area contributed by atoms with Crippen molar-refractivity contribution in [3.05, 3.63) is 63.9 Å². The smallest absolute Gasteiger partial charge is 0.367 e. The molecular formula is C20H17ClFNO4. The SMILES string of the molecule is CCOc1cc(/C=C2/C(=O)ON=C2C)cc(Cl)c1OCc1cccc(F)c1. The highest BCUT2D eigenvalue weighted by molar-refractivity contribution is 6.32. The molecule has 0 N–H and O–H groups in total. The molecule has 1 aliphatic heterocycles. The summed E-state index contributed by atoms with van der Waals surface area (Å²) in [5, 5.41) is 3.95. The van der Waals surface area contributed by atoms with Crippen LogP contribution < -0.4 is 9.47 Å². The van der Waals surface area contributed by atoms with Gasteiger partial charge >= 0.3 is 5.97 Å². The van der Waals surface area contributed by atoms with E-state index < -0.39 is 5.97 Å². The van der Waals surface area contributed by atoms with Crippen LogP contribution >= 0.6 is 11.6 Å². The van der Waals surface area contributed by atoms with Gasteiger partial charge in [0.25, 0.3) is 0 Å². The number of halogens is 2. The minimum Gasteiger partial charge on any atom is -0.490 e. The largest absolute Gasteiger partial charge is 0.490 e. The van der Waals surface area contributed by atoms with Crippen molar-refractivity contribution in [3.63, 3.8) is 0 Å². The summed E-state index contributed by atoms with van der Waals surface area (Å²) >= 11 is 6.37. The van der Waals surface area contributed by atoms with E-state index in [9.17, 15) is 9.18 Å². The molecule has 0 unspecified atom stereocenters. The van der Waals surface area contributed by atoms with Gasteiger partial charge in [0.1, 0.15) is 12.4 Å². The van der Waals surface area contributed by atoms with Crippen molar-refractivity contribution in [1.29, 1.82) is 0 Å². The highest BCUT2D eigenvalue weighted by Crippen LogP contribution is 2.38. The molecule has 0 amide bonds. The maximum absolute atomic E-state index is 13.3. The molecule has 0 bridgehead atoms. The molecule has 5 nitrogen and oxygen atoms in total. The van der Waals surface area contributed by atoms with Gasteiger partial charge in [-0.05, 0) is 55.3 Å². The molecule has 0 atom stereocenters. The number of hydrogen-bond acceptors (Lipinski definition) is 5. The van der Waals surface area contributed by atoms with Crippen molar-refractivity contribution < 1.29 is 23.5 Å². The van der Waals surface area contributed by atoms with Gasteiger partial charge in [0, 0.05) is 0 Å². The Morgan fingerprint density at radius 2 is 2.07 bits per heavy atom. The molecule has 1 heterocycles. The van der Waals surface area contributed by atoms with Gasteiger partial charge in [-0.3, -0.25) is 0 Å². The Morgan fingerprint density at radius 1 is 1.26 bits per heavy atom. The minimum absolute atomic E-state index is 0.135. The molecule has 0 saturated heterocycles. The second-order valence-electron chi connectivity index (χ2n) is 5.80. The van der Waals surface area contributed by atoms with E-state index in [-0.39, 0.29) is 12.4 Å². The molecule has 1 aliphatic rings.